The van der Waals surface area contributed by atoms with E-state index in [1.165, 1.54) is 0 Å². The summed E-state index contributed by atoms with van der Waals surface area (Å²) in [5, 5.41) is 0. The van der Waals surface area contributed by atoms with Gasteiger partial charge in [-0.1, -0.05) is 121 Å². The van der Waals surface area contributed by atoms with Crippen LogP contribution in [0.4, 0.5) is 17.1 Å². The number of carbonyl (C=O) groups is 1. The Kier molecular flexibility index (Phi) is 6.63. The zero-order valence-electron chi connectivity index (χ0n) is 19.3. The molecule has 0 atom stereocenters. The Morgan fingerprint density at radius 1 is 0.486 bits per heavy atom. The van der Waals surface area contributed by atoms with E-state index in [0.29, 0.717) is 11.1 Å². The number of ketones is 1. The van der Waals surface area contributed by atoms with Crippen LogP contribution < -0.4 is 4.90 Å². The van der Waals surface area contributed by atoms with E-state index in [9.17, 15) is 4.79 Å². The standard InChI is InChI=1S/C33H25NO/c35-33(28-13-4-1-5-14-28)29-24-21-26(22-25-29)20-23-27-12-10-11-19-32(27)34(30-15-6-2-7-16-30)31-17-8-3-9-18-31/h1-25H. The van der Waals surface area contributed by atoms with Crippen LogP contribution in [0.2, 0.25) is 0 Å². The van der Waals surface area contributed by atoms with Crippen LogP contribution in [0, 0.1) is 0 Å². The van der Waals surface area contributed by atoms with Gasteiger partial charge in [0.1, 0.15) is 0 Å². The highest BCUT2D eigenvalue weighted by Crippen LogP contribution is 2.36. The van der Waals surface area contributed by atoms with Crippen molar-refractivity contribution in [1.82, 2.24) is 0 Å². The van der Waals surface area contributed by atoms with E-state index in [0.717, 1.165) is 28.2 Å². The highest BCUT2D eigenvalue weighted by Gasteiger charge is 2.14. The normalized spacial score (nSPS) is 10.9. The maximum Gasteiger partial charge on any atom is 0.193 e. The van der Waals surface area contributed by atoms with Gasteiger partial charge in [0.05, 0.1) is 5.69 Å². The summed E-state index contributed by atoms with van der Waals surface area (Å²) in [6.45, 7) is 0. The van der Waals surface area contributed by atoms with Crippen molar-refractivity contribution in [3.05, 3.63) is 162 Å². The van der Waals surface area contributed by atoms with Crippen molar-refractivity contribution in [2.45, 2.75) is 0 Å². The number of rotatable bonds is 7. The number of benzene rings is 5. The molecular weight excluding hydrogens is 426 g/mol. The minimum Gasteiger partial charge on any atom is -0.310 e. The predicted molar refractivity (Wildman–Crippen MR) is 146 cm³/mol. The quantitative estimate of drug-likeness (QED) is 0.182. The molecule has 0 N–H and O–H groups in total. The molecule has 5 aromatic carbocycles. The van der Waals surface area contributed by atoms with E-state index < -0.39 is 0 Å². The van der Waals surface area contributed by atoms with E-state index in [1.54, 1.807) is 0 Å². The first kappa shape index (κ1) is 22.1. The van der Waals surface area contributed by atoms with Crippen molar-refractivity contribution in [1.29, 1.82) is 0 Å². The lowest BCUT2D eigenvalue weighted by molar-refractivity contribution is 0.103. The molecule has 0 bridgehead atoms. The van der Waals surface area contributed by atoms with Gasteiger partial charge in [0.25, 0.3) is 0 Å². The molecule has 0 unspecified atom stereocenters. The van der Waals surface area contributed by atoms with Gasteiger partial charge in [-0.25, -0.2) is 0 Å². The molecule has 0 spiro atoms. The van der Waals surface area contributed by atoms with Crippen LogP contribution >= 0.6 is 0 Å². The molecular formula is C33H25NO. The molecule has 0 aliphatic carbocycles. The fraction of sp³-hybridized carbons (Fsp3) is 0. The van der Waals surface area contributed by atoms with Crippen molar-refractivity contribution >= 4 is 35.0 Å². The minimum atomic E-state index is 0.0350. The third-order valence-electron chi connectivity index (χ3n) is 5.87. The summed E-state index contributed by atoms with van der Waals surface area (Å²) in [5.74, 6) is 0.0350. The van der Waals surface area contributed by atoms with Crippen molar-refractivity contribution in [3.8, 4) is 0 Å². The molecule has 5 rings (SSSR count). The van der Waals surface area contributed by atoms with Gasteiger partial charge in [-0.15, -0.1) is 0 Å². The molecule has 168 valence electrons. The summed E-state index contributed by atoms with van der Waals surface area (Å²) in [7, 11) is 0. The fourth-order valence-electron chi connectivity index (χ4n) is 4.10. The summed E-state index contributed by atoms with van der Waals surface area (Å²) >= 11 is 0. The SMILES string of the molecule is O=C(c1ccccc1)c1ccc(C=Cc2ccccc2N(c2ccccc2)c2ccccc2)cc1. The molecule has 2 nitrogen and oxygen atoms in total. The molecule has 2 heteroatoms. The zero-order valence-corrected chi connectivity index (χ0v) is 19.3. The smallest absolute Gasteiger partial charge is 0.193 e. The molecule has 0 saturated carbocycles. The second kappa shape index (κ2) is 10.5. The van der Waals surface area contributed by atoms with E-state index >= 15 is 0 Å². The molecule has 0 aliphatic rings. The minimum absolute atomic E-state index is 0.0350. The van der Waals surface area contributed by atoms with Crippen molar-refractivity contribution in [3.63, 3.8) is 0 Å². The van der Waals surface area contributed by atoms with Crippen LogP contribution in [-0.4, -0.2) is 5.78 Å². The maximum atomic E-state index is 12.7. The number of carbonyl (C=O) groups excluding carboxylic acids is 1. The highest BCUT2D eigenvalue weighted by atomic mass is 16.1. The molecule has 0 heterocycles. The molecule has 0 aliphatic heterocycles. The average molecular weight is 452 g/mol. The van der Waals surface area contributed by atoms with Gasteiger partial charge in [-0.2, -0.15) is 0 Å². The molecule has 0 amide bonds. The molecule has 0 radical (unpaired) electrons. The number of hydrogen-bond acceptors (Lipinski definition) is 2. The second-order valence-electron chi connectivity index (χ2n) is 8.22. The Labute approximate surface area is 206 Å². The summed E-state index contributed by atoms with van der Waals surface area (Å²) in [6.07, 6.45) is 4.21. The van der Waals surface area contributed by atoms with Crippen molar-refractivity contribution in [2.75, 3.05) is 4.90 Å². The van der Waals surface area contributed by atoms with Crippen molar-refractivity contribution < 1.29 is 4.79 Å². The summed E-state index contributed by atoms with van der Waals surface area (Å²) in [4.78, 5) is 15.0. The van der Waals surface area contributed by atoms with Crippen LogP contribution in [0.25, 0.3) is 12.2 Å². The van der Waals surface area contributed by atoms with Gasteiger partial charge < -0.3 is 4.90 Å². The Balaban J connectivity index is 1.45. The number of nitrogens with zero attached hydrogens (tertiary/aromatic N) is 1. The topological polar surface area (TPSA) is 20.3 Å². The van der Waals surface area contributed by atoms with Gasteiger partial charge in [0.2, 0.25) is 0 Å². The second-order valence-corrected chi connectivity index (χ2v) is 8.22. The monoisotopic (exact) mass is 451 g/mol. The molecule has 35 heavy (non-hydrogen) atoms. The van der Waals surface area contributed by atoms with E-state index in [2.05, 4.69) is 89.8 Å². The summed E-state index contributed by atoms with van der Waals surface area (Å²) in [6, 6.07) is 46.3. The van der Waals surface area contributed by atoms with Gasteiger partial charge in [-0.05, 0) is 41.5 Å². The van der Waals surface area contributed by atoms with Crippen LogP contribution in [0.15, 0.2) is 140 Å². The summed E-state index contributed by atoms with van der Waals surface area (Å²) < 4.78 is 0. The van der Waals surface area contributed by atoms with Crippen LogP contribution in [0.1, 0.15) is 27.0 Å². The fourth-order valence-corrected chi connectivity index (χ4v) is 4.10. The Hall–Kier alpha value is -4.69. The Morgan fingerprint density at radius 2 is 0.971 bits per heavy atom. The first-order valence-electron chi connectivity index (χ1n) is 11.7. The number of anilines is 3. The lowest BCUT2D eigenvalue weighted by Gasteiger charge is -2.27. The van der Waals surface area contributed by atoms with E-state index in [1.807, 2.05) is 66.7 Å². The average Bonchev–Trinajstić information content (AvgIpc) is 2.94. The summed E-state index contributed by atoms with van der Waals surface area (Å²) in [5.41, 5.74) is 6.82. The zero-order chi connectivity index (χ0) is 23.9. The number of para-hydroxylation sites is 3. The Morgan fingerprint density at radius 3 is 1.57 bits per heavy atom. The molecule has 5 aromatic rings. The van der Waals surface area contributed by atoms with E-state index in [4.69, 9.17) is 0 Å². The van der Waals surface area contributed by atoms with Crippen LogP contribution in [-0.2, 0) is 0 Å². The molecule has 0 fully saturated rings. The lowest BCUT2D eigenvalue weighted by Crippen LogP contribution is -2.10. The largest absolute Gasteiger partial charge is 0.310 e. The predicted octanol–water partition coefficient (Wildman–Crippen LogP) is 8.56. The van der Waals surface area contributed by atoms with Gasteiger partial charge in [0.15, 0.2) is 5.78 Å². The van der Waals surface area contributed by atoms with Crippen molar-refractivity contribution in [2.24, 2.45) is 0 Å². The van der Waals surface area contributed by atoms with Gasteiger partial charge in [0, 0.05) is 22.5 Å². The first-order valence-corrected chi connectivity index (χ1v) is 11.7. The van der Waals surface area contributed by atoms with E-state index in [-0.39, 0.29) is 5.78 Å². The van der Waals surface area contributed by atoms with Gasteiger partial charge >= 0.3 is 0 Å². The molecule has 0 aromatic heterocycles. The highest BCUT2D eigenvalue weighted by molar-refractivity contribution is 6.09. The van der Waals surface area contributed by atoms with Gasteiger partial charge in [-0.3, -0.25) is 4.79 Å². The first-order chi connectivity index (χ1) is 17.3. The maximum absolute atomic E-state index is 12.7. The lowest BCUT2D eigenvalue weighted by atomic mass is 10.0. The van der Waals surface area contributed by atoms with Crippen LogP contribution in [0.5, 0.6) is 0 Å². The number of hydrogen-bond donors (Lipinski definition) is 0. The third-order valence-corrected chi connectivity index (χ3v) is 5.87. The van der Waals surface area contributed by atoms with Crippen LogP contribution in [0.3, 0.4) is 0 Å². The third kappa shape index (κ3) is 5.13. The molecule has 0 saturated heterocycles. The Bertz CT molecular complexity index is 1380.